The smallest absolute Gasteiger partial charge is 0.257 e. The lowest BCUT2D eigenvalue weighted by Crippen LogP contribution is -2.18. The number of rotatable bonds is 6. The third-order valence-electron chi connectivity index (χ3n) is 6.79. The number of ether oxygens (including phenoxy) is 2. The molecule has 0 atom stereocenters. The Balaban J connectivity index is 1.59. The number of primary amides is 1. The minimum absolute atomic E-state index is 0.316. The zero-order valence-electron chi connectivity index (χ0n) is 20.9. The van der Waals surface area contributed by atoms with Crippen molar-refractivity contribution in [2.45, 2.75) is 38.5 Å². The van der Waals surface area contributed by atoms with Crippen molar-refractivity contribution in [2.75, 3.05) is 19.5 Å². The van der Waals surface area contributed by atoms with Crippen LogP contribution in [0.2, 0.25) is 0 Å². The molecule has 0 saturated carbocycles. The highest BCUT2D eigenvalue weighted by Gasteiger charge is 2.25. The van der Waals surface area contributed by atoms with Crippen molar-refractivity contribution in [3.8, 4) is 22.8 Å². The van der Waals surface area contributed by atoms with E-state index in [2.05, 4.69) is 5.32 Å². The Kier molecular flexibility index (Phi) is 7.10. The van der Waals surface area contributed by atoms with Crippen LogP contribution >= 0.6 is 11.3 Å². The number of thiophene rings is 1. The first-order chi connectivity index (χ1) is 18.0. The monoisotopic (exact) mass is 515 g/mol. The van der Waals surface area contributed by atoms with Crippen LogP contribution in [0.1, 0.15) is 56.8 Å². The molecule has 37 heavy (non-hydrogen) atoms. The number of amides is 2. The highest BCUT2D eigenvalue weighted by Crippen LogP contribution is 2.38. The first-order valence-electron chi connectivity index (χ1n) is 12.4. The quantitative estimate of drug-likeness (QED) is 0.328. The van der Waals surface area contributed by atoms with E-state index in [9.17, 15) is 9.59 Å². The summed E-state index contributed by atoms with van der Waals surface area (Å²) in [6, 6.07) is 14.7. The maximum absolute atomic E-state index is 13.8. The van der Waals surface area contributed by atoms with Gasteiger partial charge in [-0.1, -0.05) is 31.0 Å². The predicted molar refractivity (Wildman–Crippen MR) is 147 cm³/mol. The Morgan fingerprint density at radius 1 is 0.973 bits per heavy atom. The first kappa shape index (κ1) is 24.8. The van der Waals surface area contributed by atoms with E-state index in [4.69, 9.17) is 20.2 Å². The molecule has 3 N–H and O–H groups in total. The van der Waals surface area contributed by atoms with Crippen LogP contribution in [-0.2, 0) is 12.8 Å². The predicted octanol–water partition coefficient (Wildman–Crippen LogP) is 5.99. The second-order valence-corrected chi connectivity index (χ2v) is 10.2. The van der Waals surface area contributed by atoms with Crippen LogP contribution < -0.4 is 20.5 Å². The number of nitrogens with zero attached hydrogens (tertiary/aromatic N) is 1. The third kappa shape index (κ3) is 4.89. The van der Waals surface area contributed by atoms with Crippen molar-refractivity contribution >= 4 is 39.1 Å². The third-order valence-corrected chi connectivity index (χ3v) is 8.00. The molecule has 2 aromatic carbocycles. The number of hydrogen-bond acceptors (Lipinski definition) is 6. The number of benzene rings is 2. The maximum atomic E-state index is 13.8. The molecule has 0 spiro atoms. The minimum Gasteiger partial charge on any atom is -0.497 e. The highest BCUT2D eigenvalue weighted by atomic mass is 32.1. The van der Waals surface area contributed by atoms with Gasteiger partial charge in [-0.3, -0.25) is 9.59 Å². The lowest BCUT2D eigenvalue weighted by atomic mass is 9.96. The van der Waals surface area contributed by atoms with Gasteiger partial charge in [0.1, 0.15) is 16.5 Å². The topological polar surface area (TPSA) is 104 Å². The van der Waals surface area contributed by atoms with E-state index in [1.54, 1.807) is 26.4 Å². The highest BCUT2D eigenvalue weighted by molar-refractivity contribution is 7.17. The molecule has 5 rings (SSSR count). The summed E-state index contributed by atoms with van der Waals surface area (Å²) in [6.07, 6.45) is 6.09. The summed E-state index contributed by atoms with van der Waals surface area (Å²) >= 11 is 1.47. The fourth-order valence-corrected chi connectivity index (χ4v) is 6.24. The number of pyridine rings is 1. The molecule has 0 aliphatic heterocycles. The van der Waals surface area contributed by atoms with E-state index in [-0.39, 0.29) is 5.91 Å². The van der Waals surface area contributed by atoms with E-state index in [1.165, 1.54) is 17.8 Å². The molecule has 0 saturated heterocycles. The van der Waals surface area contributed by atoms with Crippen molar-refractivity contribution in [3.63, 3.8) is 0 Å². The number of nitrogens with two attached hydrogens (primary N) is 1. The van der Waals surface area contributed by atoms with Crippen LogP contribution in [0.25, 0.3) is 22.2 Å². The fraction of sp³-hybridized carbons (Fsp3) is 0.276. The summed E-state index contributed by atoms with van der Waals surface area (Å²) in [5.41, 5.74) is 9.72. The van der Waals surface area contributed by atoms with Crippen LogP contribution in [0.3, 0.4) is 0 Å². The van der Waals surface area contributed by atoms with Gasteiger partial charge in [0.25, 0.3) is 11.8 Å². The average Bonchev–Trinajstić information content (AvgIpc) is 3.23. The summed E-state index contributed by atoms with van der Waals surface area (Å²) in [7, 11) is 3.18. The molecule has 2 amide bonds. The summed E-state index contributed by atoms with van der Waals surface area (Å²) in [5, 5.41) is 4.26. The Morgan fingerprint density at radius 3 is 2.51 bits per heavy atom. The van der Waals surface area contributed by atoms with Gasteiger partial charge in [0.05, 0.1) is 36.6 Å². The van der Waals surface area contributed by atoms with Crippen LogP contribution in [0.5, 0.6) is 11.5 Å². The molecule has 0 fully saturated rings. The minimum atomic E-state index is -0.503. The average molecular weight is 516 g/mol. The van der Waals surface area contributed by atoms with Gasteiger partial charge in [0.15, 0.2) is 0 Å². The van der Waals surface area contributed by atoms with E-state index in [0.717, 1.165) is 48.1 Å². The number of hydrogen-bond donors (Lipinski definition) is 2. The van der Waals surface area contributed by atoms with Gasteiger partial charge >= 0.3 is 0 Å². The SMILES string of the molecule is COc1ccc(-c2cc(C(=O)Nc3sc4c(c3C(N)=O)CCCCCC4)c3ccccc3n2)c(OC)c1. The number of aromatic nitrogens is 1. The maximum Gasteiger partial charge on any atom is 0.257 e. The van der Waals surface area contributed by atoms with Gasteiger partial charge in [-0.25, -0.2) is 4.98 Å². The Labute approximate surface area is 219 Å². The molecule has 1 aliphatic rings. The summed E-state index contributed by atoms with van der Waals surface area (Å²) < 4.78 is 10.9. The fourth-order valence-electron chi connectivity index (χ4n) is 4.95. The van der Waals surface area contributed by atoms with Crippen molar-refractivity contribution in [3.05, 3.63) is 70.1 Å². The lowest BCUT2D eigenvalue weighted by Gasteiger charge is -2.13. The van der Waals surface area contributed by atoms with Gasteiger partial charge in [0.2, 0.25) is 0 Å². The van der Waals surface area contributed by atoms with Crippen molar-refractivity contribution < 1.29 is 19.1 Å². The van der Waals surface area contributed by atoms with Gasteiger partial charge in [-0.15, -0.1) is 11.3 Å². The van der Waals surface area contributed by atoms with Crippen molar-refractivity contribution in [2.24, 2.45) is 5.73 Å². The molecular weight excluding hydrogens is 486 g/mol. The Hall–Kier alpha value is -3.91. The number of carbonyl (C=O) groups is 2. The van der Waals surface area contributed by atoms with Crippen LogP contribution in [0.4, 0.5) is 5.00 Å². The van der Waals surface area contributed by atoms with Gasteiger partial charge in [0, 0.05) is 21.9 Å². The van der Waals surface area contributed by atoms with E-state index >= 15 is 0 Å². The number of aryl methyl sites for hydroxylation is 1. The van der Waals surface area contributed by atoms with Crippen LogP contribution in [0, 0.1) is 0 Å². The number of para-hydroxylation sites is 1. The number of carbonyl (C=O) groups excluding carboxylic acids is 2. The van der Waals surface area contributed by atoms with Gasteiger partial charge < -0.3 is 20.5 Å². The van der Waals surface area contributed by atoms with Gasteiger partial charge in [-0.05, 0) is 55.5 Å². The molecule has 4 aromatic rings. The zero-order chi connectivity index (χ0) is 25.9. The second-order valence-electron chi connectivity index (χ2n) is 9.08. The van der Waals surface area contributed by atoms with Crippen molar-refractivity contribution in [1.82, 2.24) is 4.98 Å². The molecule has 190 valence electrons. The normalized spacial score (nSPS) is 13.4. The largest absolute Gasteiger partial charge is 0.497 e. The number of nitrogens with one attached hydrogen (secondary N) is 1. The van der Waals surface area contributed by atoms with Crippen molar-refractivity contribution in [1.29, 1.82) is 0 Å². The summed E-state index contributed by atoms with van der Waals surface area (Å²) in [6.45, 7) is 0. The van der Waals surface area contributed by atoms with E-state index < -0.39 is 5.91 Å². The van der Waals surface area contributed by atoms with E-state index in [1.807, 2.05) is 36.4 Å². The number of anilines is 1. The lowest BCUT2D eigenvalue weighted by molar-refractivity contribution is 0.100. The molecule has 0 radical (unpaired) electrons. The van der Waals surface area contributed by atoms with Gasteiger partial charge in [-0.2, -0.15) is 0 Å². The van der Waals surface area contributed by atoms with Crippen LogP contribution in [-0.4, -0.2) is 31.0 Å². The Bertz CT molecular complexity index is 1490. The molecule has 0 bridgehead atoms. The molecule has 2 aromatic heterocycles. The first-order valence-corrected chi connectivity index (χ1v) is 13.2. The molecule has 8 heteroatoms. The molecule has 1 aliphatic carbocycles. The molecule has 2 heterocycles. The second kappa shape index (κ2) is 10.6. The summed E-state index contributed by atoms with van der Waals surface area (Å²) in [5.74, 6) is 0.426. The number of fused-ring (bicyclic) bond motifs is 2. The van der Waals surface area contributed by atoms with E-state index in [0.29, 0.717) is 44.2 Å². The summed E-state index contributed by atoms with van der Waals surface area (Å²) in [4.78, 5) is 32.2. The molecule has 7 nitrogen and oxygen atoms in total. The molecular formula is C29H29N3O4S. The molecule has 0 unspecified atom stereocenters. The zero-order valence-corrected chi connectivity index (χ0v) is 21.7. The Morgan fingerprint density at radius 2 is 1.76 bits per heavy atom. The standard InChI is InChI=1S/C29H29N3O4S/c1-35-17-13-14-19(24(15-17)36-2)23-16-21(18-9-7-8-11-22(18)31-23)28(34)32-29-26(27(30)33)20-10-5-3-4-6-12-25(20)37-29/h7-9,11,13-16H,3-6,10,12H2,1-2H3,(H2,30,33)(H,32,34). The number of methoxy groups -OCH3 is 2. The van der Waals surface area contributed by atoms with Crippen LogP contribution in [0.15, 0.2) is 48.5 Å².